The van der Waals surface area contributed by atoms with Gasteiger partial charge in [0.1, 0.15) is 17.2 Å². The fraction of sp³-hybridized carbons (Fsp3) is 0.263. The van der Waals surface area contributed by atoms with Gasteiger partial charge < -0.3 is 14.6 Å². The molecule has 0 bridgehead atoms. The predicted molar refractivity (Wildman–Crippen MR) is 88.1 cm³/mol. The third-order valence-corrected chi connectivity index (χ3v) is 4.36. The first-order chi connectivity index (χ1) is 10.5. The Kier molecular flexibility index (Phi) is 3.57. The van der Waals surface area contributed by atoms with Crippen molar-refractivity contribution in [2.45, 2.75) is 19.3 Å². The van der Waals surface area contributed by atoms with Crippen LogP contribution in [0, 0.1) is 6.92 Å². The molecule has 1 heterocycles. The first kappa shape index (κ1) is 14.5. The number of fused-ring (bicyclic) bond motifs is 1. The van der Waals surface area contributed by atoms with Crippen LogP contribution in [-0.2, 0) is 6.42 Å². The maximum Gasteiger partial charge on any atom is 0.128 e. The quantitative estimate of drug-likeness (QED) is 0.924. The Morgan fingerprint density at radius 1 is 1.27 bits per heavy atom. The number of ether oxygens (including phenoxy) is 2. The van der Waals surface area contributed by atoms with Crippen LogP contribution in [0.4, 0.5) is 0 Å². The molecule has 1 atom stereocenters. The minimum Gasteiger partial charge on any atom is -0.508 e. The summed E-state index contributed by atoms with van der Waals surface area (Å²) in [6.45, 7) is 10.9. The number of rotatable bonds is 2. The number of hydrogen-bond acceptors (Lipinski definition) is 3. The molecule has 3 heteroatoms. The largest absolute Gasteiger partial charge is 0.508 e. The Bertz CT molecular complexity index is 824. The number of methoxy groups -OCH3 is 1. The van der Waals surface area contributed by atoms with Crippen LogP contribution in [0.25, 0.3) is 13.2 Å². The van der Waals surface area contributed by atoms with E-state index in [2.05, 4.69) is 13.2 Å². The lowest BCUT2D eigenvalue weighted by Gasteiger charge is -2.26. The van der Waals surface area contributed by atoms with Crippen LogP contribution in [0.5, 0.6) is 17.2 Å². The minimum atomic E-state index is 0.231. The Morgan fingerprint density at radius 3 is 2.77 bits per heavy atom. The topological polar surface area (TPSA) is 38.7 Å². The Morgan fingerprint density at radius 2 is 2.05 bits per heavy atom. The standard InChI is InChI=1S/C19H20O3/c1-11-7-17(12(2)13(3)19(11)21-4)15-8-14-5-6-16(20)9-18(14)22-10-15/h5-7,9,15,20H,1-2,8,10H2,3-4H3. The molecule has 22 heavy (non-hydrogen) atoms. The number of aromatic hydroxyl groups is 1. The van der Waals surface area contributed by atoms with E-state index in [1.165, 1.54) is 0 Å². The van der Waals surface area contributed by atoms with Gasteiger partial charge in [-0.15, -0.1) is 0 Å². The minimum absolute atomic E-state index is 0.231. The van der Waals surface area contributed by atoms with E-state index >= 15 is 0 Å². The third kappa shape index (κ3) is 2.33. The smallest absolute Gasteiger partial charge is 0.128 e. The van der Waals surface area contributed by atoms with Crippen LogP contribution < -0.4 is 19.9 Å². The second-order valence-electron chi connectivity index (χ2n) is 5.77. The van der Waals surface area contributed by atoms with Crippen LogP contribution in [0.1, 0.15) is 22.6 Å². The average molecular weight is 296 g/mol. The van der Waals surface area contributed by atoms with Crippen LogP contribution >= 0.6 is 0 Å². The van der Waals surface area contributed by atoms with E-state index in [0.717, 1.165) is 45.0 Å². The maximum atomic E-state index is 9.53. The molecular weight excluding hydrogens is 276 g/mol. The normalized spacial score (nSPS) is 16.7. The van der Waals surface area contributed by atoms with Gasteiger partial charge in [-0.1, -0.05) is 19.2 Å². The lowest BCUT2D eigenvalue weighted by Crippen LogP contribution is -2.28. The second kappa shape index (κ2) is 5.41. The van der Waals surface area contributed by atoms with Crippen molar-refractivity contribution in [3.63, 3.8) is 0 Å². The molecule has 2 aromatic rings. The van der Waals surface area contributed by atoms with E-state index in [0.29, 0.717) is 6.61 Å². The fourth-order valence-electron chi connectivity index (χ4n) is 3.14. The molecule has 3 rings (SSSR count). The summed E-state index contributed by atoms with van der Waals surface area (Å²) in [7, 11) is 1.66. The molecule has 0 aromatic heterocycles. The van der Waals surface area contributed by atoms with E-state index < -0.39 is 0 Å². The van der Waals surface area contributed by atoms with Crippen molar-refractivity contribution < 1.29 is 14.6 Å². The third-order valence-electron chi connectivity index (χ3n) is 4.36. The van der Waals surface area contributed by atoms with Crippen LogP contribution in [0.15, 0.2) is 24.3 Å². The van der Waals surface area contributed by atoms with Crippen molar-refractivity contribution in [3.8, 4) is 17.2 Å². The van der Waals surface area contributed by atoms with Crippen LogP contribution in [0.3, 0.4) is 0 Å². The molecule has 0 saturated heterocycles. The predicted octanol–water partition coefficient (Wildman–Crippen LogP) is 2.25. The highest BCUT2D eigenvalue weighted by atomic mass is 16.5. The molecule has 0 radical (unpaired) electrons. The highest BCUT2D eigenvalue weighted by Gasteiger charge is 2.23. The lowest BCUT2D eigenvalue weighted by molar-refractivity contribution is 0.260. The van der Waals surface area contributed by atoms with Gasteiger partial charge in [0.25, 0.3) is 0 Å². The van der Waals surface area contributed by atoms with E-state index in [-0.39, 0.29) is 11.7 Å². The van der Waals surface area contributed by atoms with Crippen LogP contribution in [0.2, 0.25) is 0 Å². The zero-order chi connectivity index (χ0) is 15.9. The molecule has 1 aliphatic rings. The van der Waals surface area contributed by atoms with E-state index in [1.54, 1.807) is 19.2 Å². The molecule has 1 aliphatic heterocycles. The zero-order valence-electron chi connectivity index (χ0n) is 13.0. The van der Waals surface area contributed by atoms with Gasteiger partial charge in [-0.3, -0.25) is 0 Å². The van der Waals surface area contributed by atoms with Gasteiger partial charge in [-0.25, -0.2) is 0 Å². The molecule has 1 N–H and O–H groups in total. The SMILES string of the molecule is C=c1cc(C2COc3cc(O)ccc3C2)c(=C)c(C)c1OC. The summed E-state index contributed by atoms with van der Waals surface area (Å²) in [5.74, 6) is 2.03. The summed E-state index contributed by atoms with van der Waals surface area (Å²) in [4.78, 5) is 0. The maximum absolute atomic E-state index is 9.53. The van der Waals surface area contributed by atoms with Crippen molar-refractivity contribution in [1.29, 1.82) is 0 Å². The molecule has 0 fully saturated rings. The van der Waals surface area contributed by atoms with E-state index in [9.17, 15) is 5.11 Å². The summed E-state index contributed by atoms with van der Waals surface area (Å²) in [5.41, 5.74) is 3.29. The molecule has 0 aliphatic carbocycles. The summed E-state index contributed by atoms with van der Waals surface area (Å²) >= 11 is 0. The van der Waals surface area contributed by atoms with Gasteiger partial charge in [-0.2, -0.15) is 0 Å². The molecule has 0 spiro atoms. The zero-order valence-corrected chi connectivity index (χ0v) is 13.0. The van der Waals surface area contributed by atoms with Gasteiger partial charge in [0.15, 0.2) is 0 Å². The van der Waals surface area contributed by atoms with Crippen molar-refractivity contribution in [3.05, 3.63) is 51.4 Å². The molecule has 2 aromatic carbocycles. The van der Waals surface area contributed by atoms with E-state index in [4.69, 9.17) is 9.47 Å². The Balaban J connectivity index is 2.02. The van der Waals surface area contributed by atoms with Gasteiger partial charge in [-0.05, 0) is 47.4 Å². The summed E-state index contributed by atoms with van der Waals surface area (Å²) in [5, 5.41) is 11.4. The van der Waals surface area contributed by atoms with Crippen molar-refractivity contribution in [2.75, 3.05) is 13.7 Å². The molecule has 3 nitrogen and oxygen atoms in total. The van der Waals surface area contributed by atoms with Gasteiger partial charge in [0, 0.05) is 17.2 Å². The fourth-order valence-corrected chi connectivity index (χ4v) is 3.14. The monoisotopic (exact) mass is 296 g/mol. The molecule has 1 unspecified atom stereocenters. The summed E-state index contributed by atoms with van der Waals surface area (Å²) < 4.78 is 11.2. The molecule has 0 saturated carbocycles. The highest BCUT2D eigenvalue weighted by Crippen LogP contribution is 2.33. The average Bonchev–Trinajstić information content (AvgIpc) is 2.51. The number of benzene rings is 2. The van der Waals surface area contributed by atoms with Crippen molar-refractivity contribution >= 4 is 13.2 Å². The number of phenolic OH excluding ortho intramolecular Hbond substituents is 1. The first-order valence-electron chi connectivity index (χ1n) is 7.31. The van der Waals surface area contributed by atoms with Gasteiger partial charge >= 0.3 is 0 Å². The molecule has 114 valence electrons. The summed E-state index contributed by atoms with van der Waals surface area (Å²) in [6, 6.07) is 7.33. The molecule has 0 amide bonds. The highest BCUT2D eigenvalue weighted by molar-refractivity contribution is 5.46. The lowest BCUT2D eigenvalue weighted by atomic mass is 9.87. The van der Waals surface area contributed by atoms with Crippen LogP contribution in [-0.4, -0.2) is 18.8 Å². The van der Waals surface area contributed by atoms with Crippen molar-refractivity contribution in [2.24, 2.45) is 0 Å². The first-order valence-corrected chi connectivity index (χ1v) is 7.31. The summed E-state index contributed by atoms with van der Waals surface area (Å²) in [6.07, 6.45) is 0.864. The second-order valence-corrected chi connectivity index (χ2v) is 5.77. The molecular formula is C19H20O3. The van der Waals surface area contributed by atoms with Gasteiger partial charge in [0.2, 0.25) is 0 Å². The number of hydrogen-bond donors (Lipinski definition) is 1. The Hall–Kier alpha value is -2.42. The van der Waals surface area contributed by atoms with Crippen molar-refractivity contribution in [1.82, 2.24) is 0 Å². The van der Waals surface area contributed by atoms with E-state index in [1.807, 2.05) is 19.1 Å². The number of phenols is 1. The van der Waals surface area contributed by atoms with Gasteiger partial charge in [0.05, 0.1) is 13.7 Å². The Labute approximate surface area is 130 Å².